The first-order valence-corrected chi connectivity index (χ1v) is 7.95. The third-order valence-electron chi connectivity index (χ3n) is 3.92. The molecule has 25 heavy (non-hydrogen) atoms. The maximum absolute atomic E-state index is 12.3. The Morgan fingerprint density at radius 1 is 1.32 bits per heavy atom. The van der Waals surface area contributed by atoms with Crippen LogP contribution in [0, 0.1) is 13.8 Å². The van der Waals surface area contributed by atoms with Crippen LogP contribution in [0.4, 0.5) is 5.69 Å². The molecule has 0 unspecified atom stereocenters. The summed E-state index contributed by atoms with van der Waals surface area (Å²) in [5.41, 5.74) is 2.95. The normalized spacial score (nSPS) is 11.7. The van der Waals surface area contributed by atoms with Crippen molar-refractivity contribution in [2.75, 3.05) is 12.4 Å². The molecule has 134 valence electrons. The van der Waals surface area contributed by atoms with Gasteiger partial charge in [-0.15, -0.1) is 0 Å². The van der Waals surface area contributed by atoms with Crippen LogP contribution in [0.1, 0.15) is 23.9 Å². The van der Waals surface area contributed by atoms with Gasteiger partial charge in [-0.1, -0.05) is 12.1 Å². The molecule has 0 saturated carbocycles. The second-order valence-corrected chi connectivity index (χ2v) is 5.82. The van der Waals surface area contributed by atoms with Crippen LogP contribution in [0.25, 0.3) is 0 Å². The van der Waals surface area contributed by atoms with Crippen molar-refractivity contribution in [2.45, 2.75) is 33.3 Å². The molecule has 0 bridgehead atoms. The molecule has 0 fully saturated rings. The van der Waals surface area contributed by atoms with Crippen molar-refractivity contribution in [1.29, 1.82) is 0 Å². The molecule has 0 radical (unpaired) electrons. The summed E-state index contributed by atoms with van der Waals surface area (Å²) in [5.74, 6) is -0.202. The van der Waals surface area contributed by atoms with Gasteiger partial charge in [-0.05, 0) is 38.5 Å². The fourth-order valence-electron chi connectivity index (χ4n) is 2.42. The molecule has 0 aliphatic carbocycles. The summed E-state index contributed by atoms with van der Waals surface area (Å²) >= 11 is 0. The summed E-state index contributed by atoms with van der Waals surface area (Å²) in [4.78, 5) is 24.3. The number of methoxy groups -OCH3 is 1. The molecule has 7 nitrogen and oxygen atoms in total. The summed E-state index contributed by atoms with van der Waals surface area (Å²) in [5, 5.41) is 7.01. The van der Waals surface area contributed by atoms with Crippen LogP contribution in [-0.2, 0) is 27.8 Å². The third kappa shape index (κ3) is 4.59. The molecule has 1 aromatic carbocycles. The van der Waals surface area contributed by atoms with Gasteiger partial charge in [0.25, 0.3) is 5.91 Å². The minimum absolute atomic E-state index is 0.0692. The minimum Gasteiger partial charge on any atom is -0.497 e. The van der Waals surface area contributed by atoms with E-state index in [9.17, 15) is 9.59 Å². The second kappa shape index (κ2) is 7.83. The third-order valence-corrected chi connectivity index (χ3v) is 3.92. The number of hydrogen-bond donors (Lipinski definition) is 1. The van der Waals surface area contributed by atoms with Crippen LogP contribution >= 0.6 is 0 Å². The van der Waals surface area contributed by atoms with Crippen LogP contribution < -0.4 is 10.1 Å². The smallest absolute Gasteiger partial charge is 0.311 e. The first kappa shape index (κ1) is 18.5. The standard InChI is InChI=1S/C18H23N3O4/c1-11-17(12(2)21(4)20-11)19-18(23)13(3)25-16(22)10-14-7-6-8-15(9-14)24-5/h6-9,13H,10H2,1-5H3,(H,19,23)/t13-/m1/s1. The number of nitrogens with zero attached hydrogens (tertiary/aromatic N) is 2. The molecule has 2 aromatic rings. The minimum atomic E-state index is -0.905. The van der Waals surface area contributed by atoms with Gasteiger partial charge in [-0.3, -0.25) is 14.3 Å². The lowest BCUT2D eigenvalue weighted by Gasteiger charge is -2.14. The Labute approximate surface area is 146 Å². The Bertz CT molecular complexity index is 783. The number of aromatic nitrogens is 2. The molecule has 1 aromatic heterocycles. The van der Waals surface area contributed by atoms with Gasteiger partial charge in [0.05, 0.1) is 30.6 Å². The fraction of sp³-hybridized carbons (Fsp3) is 0.389. The maximum atomic E-state index is 12.3. The van der Waals surface area contributed by atoms with E-state index < -0.39 is 18.0 Å². The van der Waals surface area contributed by atoms with Crippen molar-refractivity contribution in [3.8, 4) is 5.75 Å². The zero-order valence-corrected chi connectivity index (χ0v) is 15.1. The molecule has 7 heteroatoms. The van der Waals surface area contributed by atoms with Crippen molar-refractivity contribution in [3.63, 3.8) is 0 Å². The molecule has 1 amide bonds. The molecule has 0 spiro atoms. The van der Waals surface area contributed by atoms with E-state index in [1.165, 1.54) is 0 Å². The maximum Gasteiger partial charge on any atom is 0.311 e. The highest BCUT2D eigenvalue weighted by atomic mass is 16.5. The highest BCUT2D eigenvalue weighted by molar-refractivity contribution is 5.96. The first-order chi connectivity index (χ1) is 11.8. The van der Waals surface area contributed by atoms with E-state index in [4.69, 9.17) is 9.47 Å². The van der Waals surface area contributed by atoms with E-state index in [-0.39, 0.29) is 6.42 Å². The number of hydrogen-bond acceptors (Lipinski definition) is 5. The van der Waals surface area contributed by atoms with Crippen molar-refractivity contribution in [1.82, 2.24) is 9.78 Å². The van der Waals surface area contributed by atoms with Gasteiger partial charge < -0.3 is 14.8 Å². The Kier molecular flexibility index (Phi) is 5.80. The van der Waals surface area contributed by atoms with Gasteiger partial charge in [-0.25, -0.2) is 0 Å². The molecule has 1 N–H and O–H groups in total. The predicted octanol–water partition coefficient (Wildman–Crippen LogP) is 2.16. The van der Waals surface area contributed by atoms with Gasteiger partial charge in [0.15, 0.2) is 6.10 Å². The quantitative estimate of drug-likeness (QED) is 0.811. The zero-order valence-electron chi connectivity index (χ0n) is 15.1. The summed E-state index contributed by atoms with van der Waals surface area (Å²) in [7, 11) is 3.36. The Morgan fingerprint density at radius 2 is 2.04 bits per heavy atom. The number of amides is 1. The number of benzene rings is 1. The van der Waals surface area contributed by atoms with Gasteiger partial charge in [0.2, 0.25) is 0 Å². The van der Waals surface area contributed by atoms with Crippen LogP contribution in [0.5, 0.6) is 5.75 Å². The number of ether oxygens (including phenoxy) is 2. The van der Waals surface area contributed by atoms with Crippen molar-refractivity contribution in [2.24, 2.45) is 7.05 Å². The first-order valence-electron chi connectivity index (χ1n) is 7.95. The summed E-state index contributed by atoms with van der Waals surface area (Å²) in [6, 6.07) is 7.15. The molecule has 1 heterocycles. The number of carbonyl (C=O) groups is 2. The van der Waals surface area contributed by atoms with Crippen molar-refractivity contribution >= 4 is 17.6 Å². The Balaban J connectivity index is 1.94. The number of rotatable bonds is 6. The zero-order chi connectivity index (χ0) is 18.6. The van der Waals surface area contributed by atoms with E-state index in [1.807, 2.05) is 13.8 Å². The van der Waals surface area contributed by atoms with Gasteiger partial charge in [-0.2, -0.15) is 5.10 Å². The largest absolute Gasteiger partial charge is 0.497 e. The van der Waals surface area contributed by atoms with Crippen LogP contribution in [0.3, 0.4) is 0 Å². The highest BCUT2D eigenvalue weighted by Gasteiger charge is 2.21. The predicted molar refractivity (Wildman–Crippen MR) is 93.6 cm³/mol. The monoisotopic (exact) mass is 345 g/mol. The second-order valence-electron chi connectivity index (χ2n) is 5.82. The highest BCUT2D eigenvalue weighted by Crippen LogP contribution is 2.19. The van der Waals surface area contributed by atoms with Crippen LogP contribution in [-0.4, -0.2) is 34.9 Å². The van der Waals surface area contributed by atoms with E-state index in [2.05, 4.69) is 10.4 Å². The van der Waals surface area contributed by atoms with Gasteiger partial charge in [0, 0.05) is 7.05 Å². The number of anilines is 1. The molecular weight excluding hydrogens is 322 g/mol. The van der Waals surface area contributed by atoms with Crippen molar-refractivity contribution in [3.05, 3.63) is 41.2 Å². The topological polar surface area (TPSA) is 82.4 Å². The number of carbonyl (C=O) groups excluding carboxylic acids is 2. The number of aryl methyl sites for hydroxylation is 2. The van der Waals surface area contributed by atoms with Crippen molar-refractivity contribution < 1.29 is 19.1 Å². The average molecular weight is 345 g/mol. The van der Waals surface area contributed by atoms with Gasteiger partial charge in [0.1, 0.15) is 5.75 Å². The number of nitrogens with one attached hydrogen (secondary N) is 1. The molecule has 2 rings (SSSR count). The Hall–Kier alpha value is -2.83. The molecule has 0 aliphatic rings. The van der Waals surface area contributed by atoms with E-state index in [1.54, 1.807) is 50.0 Å². The molecule has 1 atom stereocenters. The molecular formula is C18H23N3O4. The lowest BCUT2D eigenvalue weighted by Crippen LogP contribution is -2.30. The van der Waals surface area contributed by atoms with Gasteiger partial charge >= 0.3 is 5.97 Å². The summed E-state index contributed by atoms with van der Waals surface area (Å²) in [6.07, 6.45) is -0.836. The van der Waals surface area contributed by atoms with E-state index in [0.29, 0.717) is 17.1 Å². The summed E-state index contributed by atoms with van der Waals surface area (Å²) < 4.78 is 12.0. The Morgan fingerprint density at radius 3 is 2.64 bits per heavy atom. The molecule has 0 saturated heterocycles. The van der Waals surface area contributed by atoms with E-state index >= 15 is 0 Å². The number of esters is 1. The van der Waals surface area contributed by atoms with Crippen LogP contribution in [0.15, 0.2) is 24.3 Å². The molecule has 0 aliphatic heterocycles. The summed E-state index contributed by atoms with van der Waals surface area (Å²) in [6.45, 7) is 5.21. The lowest BCUT2D eigenvalue weighted by molar-refractivity contribution is -0.152. The lowest BCUT2D eigenvalue weighted by atomic mass is 10.1. The average Bonchev–Trinajstić information content (AvgIpc) is 2.81. The van der Waals surface area contributed by atoms with E-state index in [0.717, 1.165) is 11.3 Å². The fourth-order valence-corrected chi connectivity index (χ4v) is 2.42. The van der Waals surface area contributed by atoms with Crippen LogP contribution in [0.2, 0.25) is 0 Å². The SMILES string of the molecule is COc1cccc(CC(=O)O[C@H](C)C(=O)Nc2c(C)nn(C)c2C)c1.